The van der Waals surface area contributed by atoms with E-state index in [1.165, 1.54) is 4.98 Å². The second kappa shape index (κ2) is 4.70. The molecule has 1 aromatic rings. The molecular formula is C8H6F5NO3. The molecule has 0 radical (unpaired) electrons. The van der Waals surface area contributed by atoms with Crippen LogP contribution in [0.15, 0.2) is 10.9 Å². The van der Waals surface area contributed by atoms with Gasteiger partial charge in [-0.15, -0.1) is 13.2 Å². The maximum Gasteiger partial charge on any atom is 0.573 e. The molecule has 1 heterocycles. The van der Waals surface area contributed by atoms with Crippen molar-refractivity contribution in [3.8, 4) is 5.75 Å². The molecule has 17 heavy (non-hydrogen) atoms. The highest BCUT2D eigenvalue weighted by Gasteiger charge is 2.35. The summed E-state index contributed by atoms with van der Waals surface area (Å²) in [6, 6.07) is 0.549. The van der Waals surface area contributed by atoms with Crippen molar-refractivity contribution in [2.24, 2.45) is 0 Å². The van der Waals surface area contributed by atoms with E-state index in [1.807, 2.05) is 0 Å². The molecular weight excluding hydrogens is 253 g/mol. The van der Waals surface area contributed by atoms with Gasteiger partial charge in [0.2, 0.25) is 5.56 Å². The van der Waals surface area contributed by atoms with Gasteiger partial charge in [-0.2, -0.15) is 0 Å². The molecule has 0 aliphatic heterocycles. The first-order valence-electron chi connectivity index (χ1n) is 4.15. The Morgan fingerprint density at radius 1 is 1.41 bits per heavy atom. The van der Waals surface area contributed by atoms with Crippen LogP contribution >= 0.6 is 0 Å². The first kappa shape index (κ1) is 13.4. The van der Waals surface area contributed by atoms with E-state index in [1.54, 1.807) is 0 Å². The molecule has 2 N–H and O–H groups in total. The van der Waals surface area contributed by atoms with Gasteiger partial charge in [-0.1, -0.05) is 0 Å². The normalized spacial score (nSPS) is 11.9. The molecule has 0 bridgehead atoms. The highest BCUT2D eigenvalue weighted by molar-refractivity contribution is 5.37. The van der Waals surface area contributed by atoms with Crippen LogP contribution < -0.4 is 10.3 Å². The third-order valence-corrected chi connectivity index (χ3v) is 1.71. The van der Waals surface area contributed by atoms with Crippen LogP contribution in [-0.4, -0.2) is 16.5 Å². The minimum Gasteiger partial charge on any atom is -0.403 e. The van der Waals surface area contributed by atoms with Gasteiger partial charge in [0.25, 0.3) is 6.43 Å². The number of aromatic nitrogens is 1. The van der Waals surface area contributed by atoms with Gasteiger partial charge in [0, 0.05) is 11.6 Å². The van der Waals surface area contributed by atoms with Crippen LogP contribution in [0.25, 0.3) is 0 Å². The summed E-state index contributed by atoms with van der Waals surface area (Å²) in [5.41, 5.74) is -3.04. The van der Waals surface area contributed by atoms with E-state index >= 15 is 0 Å². The molecule has 1 aromatic heterocycles. The molecule has 0 unspecified atom stereocenters. The lowest BCUT2D eigenvalue weighted by Crippen LogP contribution is -2.22. The molecule has 4 nitrogen and oxygen atoms in total. The number of hydrogen-bond acceptors (Lipinski definition) is 3. The zero-order chi connectivity index (χ0) is 13.2. The van der Waals surface area contributed by atoms with Crippen LogP contribution in [-0.2, 0) is 6.61 Å². The lowest BCUT2D eigenvalue weighted by Gasteiger charge is -2.15. The van der Waals surface area contributed by atoms with Crippen LogP contribution in [0, 0.1) is 0 Å². The molecule has 0 aromatic carbocycles. The van der Waals surface area contributed by atoms with Crippen LogP contribution in [0.5, 0.6) is 5.75 Å². The van der Waals surface area contributed by atoms with Gasteiger partial charge in [-0.05, 0) is 0 Å². The molecule has 0 spiro atoms. The van der Waals surface area contributed by atoms with Gasteiger partial charge < -0.3 is 14.8 Å². The number of hydrogen-bond donors (Lipinski definition) is 2. The number of halogens is 5. The summed E-state index contributed by atoms with van der Waals surface area (Å²) in [6.07, 6.45) is -8.57. The van der Waals surface area contributed by atoms with Crippen molar-refractivity contribution in [3.05, 3.63) is 27.7 Å². The Kier molecular flexibility index (Phi) is 3.71. The number of aromatic amines is 1. The van der Waals surface area contributed by atoms with Crippen LogP contribution in [0.2, 0.25) is 0 Å². The molecule has 0 saturated heterocycles. The summed E-state index contributed by atoms with van der Waals surface area (Å²) in [6.45, 7) is -1.03. The number of rotatable bonds is 3. The van der Waals surface area contributed by atoms with Gasteiger partial charge in [-0.3, -0.25) is 4.79 Å². The summed E-state index contributed by atoms with van der Waals surface area (Å²) in [5.74, 6) is -1.28. The summed E-state index contributed by atoms with van der Waals surface area (Å²) < 4.78 is 64.0. The Labute approximate surface area is 90.6 Å². The van der Waals surface area contributed by atoms with E-state index in [-0.39, 0.29) is 0 Å². The molecule has 0 atom stereocenters. The Morgan fingerprint density at radius 2 is 2.00 bits per heavy atom. The molecule has 0 amide bonds. The SMILES string of the molecule is O=c1cc(CO)c(OC(F)(F)F)c(C(F)F)[nH]1. The quantitative estimate of drug-likeness (QED) is 0.812. The summed E-state index contributed by atoms with van der Waals surface area (Å²) >= 11 is 0. The molecule has 1 rings (SSSR count). The second-order valence-corrected chi connectivity index (χ2v) is 2.91. The summed E-state index contributed by atoms with van der Waals surface area (Å²) in [7, 11) is 0. The van der Waals surface area contributed by atoms with Gasteiger partial charge in [0.05, 0.1) is 6.61 Å². The molecule has 0 fully saturated rings. The van der Waals surface area contributed by atoms with Crippen molar-refractivity contribution in [1.82, 2.24) is 4.98 Å². The standard InChI is InChI=1S/C8H6F5NO3/c9-7(10)5-6(17-8(11,12)13)3(2-15)1-4(16)14-5/h1,7,15H,2H2,(H,14,16). The van der Waals surface area contributed by atoms with Crippen molar-refractivity contribution >= 4 is 0 Å². The first-order chi connectivity index (χ1) is 7.74. The number of nitrogens with one attached hydrogen (secondary N) is 1. The average molecular weight is 259 g/mol. The zero-order valence-electron chi connectivity index (χ0n) is 8.02. The monoisotopic (exact) mass is 259 g/mol. The number of ether oxygens (including phenoxy) is 1. The third kappa shape index (κ3) is 3.41. The van der Waals surface area contributed by atoms with E-state index in [0.29, 0.717) is 6.07 Å². The van der Waals surface area contributed by atoms with Crippen LogP contribution in [0.1, 0.15) is 17.7 Å². The maximum absolute atomic E-state index is 12.4. The minimum atomic E-state index is -5.20. The Balaban J connectivity index is 3.37. The molecule has 9 heteroatoms. The Bertz CT molecular complexity index is 453. The third-order valence-electron chi connectivity index (χ3n) is 1.71. The Hall–Kier alpha value is -1.64. The van der Waals surface area contributed by atoms with E-state index < -0.39 is 42.0 Å². The lowest BCUT2D eigenvalue weighted by atomic mass is 10.2. The van der Waals surface area contributed by atoms with E-state index in [4.69, 9.17) is 5.11 Å². The maximum atomic E-state index is 12.4. The zero-order valence-corrected chi connectivity index (χ0v) is 8.02. The van der Waals surface area contributed by atoms with Gasteiger partial charge in [-0.25, -0.2) is 8.78 Å². The number of alkyl halides is 5. The number of pyridine rings is 1. The first-order valence-corrected chi connectivity index (χ1v) is 4.15. The minimum absolute atomic E-state index is 0.549. The van der Waals surface area contributed by atoms with E-state index in [0.717, 1.165) is 0 Å². The van der Waals surface area contributed by atoms with E-state index in [9.17, 15) is 26.7 Å². The van der Waals surface area contributed by atoms with Crippen molar-refractivity contribution in [3.63, 3.8) is 0 Å². The second-order valence-electron chi connectivity index (χ2n) is 2.91. The van der Waals surface area contributed by atoms with Crippen molar-refractivity contribution in [1.29, 1.82) is 0 Å². The number of aliphatic hydroxyl groups excluding tert-OH is 1. The molecule has 96 valence electrons. The summed E-state index contributed by atoms with van der Waals surface area (Å²) in [5, 5.41) is 8.70. The predicted octanol–water partition coefficient (Wildman–Crippen LogP) is 1.70. The largest absolute Gasteiger partial charge is 0.573 e. The van der Waals surface area contributed by atoms with E-state index in [2.05, 4.69) is 4.74 Å². The fourth-order valence-corrected chi connectivity index (χ4v) is 1.13. The summed E-state index contributed by atoms with van der Waals surface area (Å²) in [4.78, 5) is 12.4. The fourth-order valence-electron chi connectivity index (χ4n) is 1.13. The van der Waals surface area contributed by atoms with Crippen molar-refractivity contribution < 1.29 is 31.8 Å². The number of H-pyrrole nitrogens is 1. The van der Waals surface area contributed by atoms with Crippen molar-refractivity contribution in [2.45, 2.75) is 19.4 Å². The van der Waals surface area contributed by atoms with Crippen molar-refractivity contribution in [2.75, 3.05) is 0 Å². The smallest absolute Gasteiger partial charge is 0.403 e. The van der Waals surface area contributed by atoms with Gasteiger partial charge in [0.15, 0.2) is 5.75 Å². The van der Waals surface area contributed by atoms with Gasteiger partial charge in [0.1, 0.15) is 5.69 Å². The molecule has 0 aliphatic rings. The molecule has 0 aliphatic carbocycles. The average Bonchev–Trinajstić information content (AvgIpc) is 2.17. The number of aliphatic hydroxyl groups is 1. The lowest BCUT2D eigenvalue weighted by molar-refractivity contribution is -0.275. The predicted molar refractivity (Wildman–Crippen MR) is 44.6 cm³/mol. The van der Waals surface area contributed by atoms with Gasteiger partial charge >= 0.3 is 6.36 Å². The van der Waals surface area contributed by atoms with Crippen LogP contribution in [0.4, 0.5) is 22.0 Å². The van der Waals surface area contributed by atoms with Crippen LogP contribution in [0.3, 0.4) is 0 Å². The topological polar surface area (TPSA) is 62.3 Å². The highest BCUT2D eigenvalue weighted by atomic mass is 19.4. The molecule has 0 saturated carbocycles. The fraction of sp³-hybridized carbons (Fsp3) is 0.375. The Morgan fingerprint density at radius 3 is 2.41 bits per heavy atom. The highest BCUT2D eigenvalue weighted by Crippen LogP contribution is 2.33.